The molecule has 3 aromatic rings. The lowest BCUT2D eigenvalue weighted by atomic mass is 9.80. The topological polar surface area (TPSA) is 147 Å². The first-order chi connectivity index (χ1) is 16.9. The van der Waals surface area contributed by atoms with E-state index >= 15 is 0 Å². The molecule has 12 heteroatoms. The number of aromatic amines is 1. The van der Waals surface area contributed by atoms with E-state index in [9.17, 15) is 9.59 Å². The lowest BCUT2D eigenvalue weighted by molar-refractivity contribution is -0.129. The standard InChI is InChI=1S/C24H26BrN7O3.ClH/c1-13-2-3-14(25)10-17(13)24(22(26)34)20(28-12-29-24)21(33)32-23-30-18-5-4-16(11-19(18)31-23)35-15-6-8-27-9-7-15;/h2-5,10-12,15,20,27H,6-9H2,1H3,(H2,26,34)(H,28,29)(H2,30,31,32,33);1H. The van der Waals surface area contributed by atoms with Crippen molar-refractivity contribution in [2.45, 2.75) is 37.5 Å². The van der Waals surface area contributed by atoms with Crippen LogP contribution in [0.2, 0.25) is 0 Å². The third kappa shape index (κ3) is 4.78. The quantitative estimate of drug-likeness (QED) is 0.305. The number of nitrogens with zero attached hydrogens (tertiary/aromatic N) is 2. The van der Waals surface area contributed by atoms with E-state index in [1.807, 2.05) is 37.3 Å². The van der Waals surface area contributed by atoms with E-state index in [0.717, 1.165) is 47.2 Å². The molecule has 2 atom stereocenters. The molecule has 0 aliphatic carbocycles. The predicted octanol–water partition coefficient (Wildman–Crippen LogP) is 2.51. The molecule has 3 heterocycles. The zero-order valence-corrected chi connectivity index (χ0v) is 21.9. The number of aromatic nitrogens is 2. The van der Waals surface area contributed by atoms with Gasteiger partial charge in [-0.3, -0.25) is 19.9 Å². The number of amides is 2. The van der Waals surface area contributed by atoms with Crippen LogP contribution in [0.15, 0.2) is 45.9 Å². The van der Waals surface area contributed by atoms with Crippen LogP contribution < -0.4 is 26.4 Å². The summed E-state index contributed by atoms with van der Waals surface area (Å²) in [4.78, 5) is 37.9. The fraction of sp³-hybridized carbons (Fsp3) is 0.333. The minimum absolute atomic E-state index is 0. The van der Waals surface area contributed by atoms with Gasteiger partial charge >= 0.3 is 0 Å². The molecule has 1 fully saturated rings. The molecule has 2 aliphatic rings. The van der Waals surface area contributed by atoms with Gasteiger partial charge in [0, 0.05) is 10.5 Å². The Morgan fingerprint density at radius 1 is 1.19 bits per heavy atom. The highest BCUT2D eigenvalue weighted by Gasteiger charge is 2.53. The van der Waals surface area contributed by atoms with E-state index < -0.39 is 23.4 Å². The van der Waals surface area contributed by atoms with Gasteiger partial charge in [0.25, 0.3) is 11.8 Å². The molecule has 0 bridgehead atoms. The first-order valence-electron chi connectivity index (χ1n) is 11.4. The van der Waals surface area contributed by atoms with Crippen LogP contribution in [0.4, 0.5) is 5.95 Å². The number of nitrogens with two attached hydrogens (primary N) is 1. The Morgan fingerprint density at radius 3 is 2.72 bits per heavy atom. The van der Waals surface area contributed by atoms with Crippen molar-refractivity contribution in [3.63, 3.8) is 0 Å². The third-order valence-electron chi connectivity index (χ3n) is 6.47. The molecule has 0 spiro atoms. The largest absolute Gasteiger partial charge is 0.490 e. The normalized spacial score (nSPS) is 21.6. The maximum atomic E-state index is 13.3. The summed E-state index contributed by atoms with van der Waals surface area (Å²) in [6.07, 6.45) is 3.43. The molecule has 190 valence electrons. The van der Waals surface area contributed by atoms with Gasteiger partial charge in [0.15, 0.2) is 11.6 Å². The van der Waals surface area contributed by atoms with E-state index in [4.69, 9.17) is 10.5 Å². The average Bonchev–Trinajstić information content (AvgIpc) is 3.46. The Hall–Kier alpha value is -3.15. The van der Waals surface area contributed by atoms with Gasteiger partial charge in [0.05, 0.1) is 17.4 Å². The van der Waals surface area contributed by atoms with Crippen LogP contribution in [0.5, 0.6) is 5.75 Å². The van der Waals surface area contributed by atoms with Crippen molar-refractivity contribution in [2.24, 2.45) is 10.7 Å². The number of aliphatic imine (C=N–C) groups is 1. The summed E-state index contributed by atoms with van der Waals surface area (Å²) >= 11 is 3.43. The highest BCUT2D eigenvalue weighted by molar-refractivity contribution is 9.10. The molecule has 10 nitrogen and oxygen atoms in total. The maximum absolute atomic E-state index is 13.3. The second-order valence-electron chi connectivity index (χ2n) is 8.78. The molecular weight excluding hydrogens is 550 g/mol. The minimum Gasteiger partial charge on any atom is -0.490 e. The lowest BCUT2D eigenvalue weighted by Gasteiger charge is -2.32. The number of fused-ring (bicyclic) bond motifs is 1. The Morgan fingerprint density at radius 2 is 1.97 bits per heavy atom. The van der Waals surface area contributed by atoms with Crippen LogP contribution in [0.1, 0.15) is 24.0 Å². The number of primary amides is 1. The molecular formula is C24H27BrClN7O3. The summed E-state index contributed by atoms with van der Waals surface area (Å²) in [5.74, 6) is -0.237. The van der Waals surface area contributed by atoms with Crippen LogP contribution in [-0.2, 0) is 15.1 Å². The number of carbonyl (C=O) groups excluding carboxylic acids is 2. The lowest BCUT2D eigenvalue weighted by Crippen LogP contribution is -2.59. The number of carbonyl (C=O) groups is 2. The van der Waals surface area contributed by atoms with Gasteiger partial charge in [-0.15, -0.1) is 12.4 Å². The third-order valence-corrected chi connectivity index (χ3v) is 6.96. The Kier molecular flexibility index (Phi) is 7.53. The first-order valence-corrected chi connectivity index (χ1v) is 12.2. The summed E-state index contributed by atoms with van der Waals surface area (Å²) in [6.45, 7) is 3.74. The number of H-pyrrole nitrogens is 1. The molecule has 36 heavy (non-hydrogen) atoms. The number of nitrogens with one attached hydrogen (secondary N) is 4. The number of imidazole rings is 1. The molecule has 0 radical (unpaired) electrons. The van der Waals surface area contributed by atoms with Crippen LogP contribution in [0, 0.1) is 6.92 Å². The number of rotatable bonds is 6. The Bertz CT molecular complexity index is 1320. The van der Waals surface area contributed by atoms with Crippen molar-refractivity contribution in [3.05, 3.63) is 52.0 Å². The second-order valence-corrected chi connectivity index (χ2v) is 9.69. The fourth-order valence-corrected chi connectivity index (χ4v) is 5.02. The van der Waals surface area contributed by atoms with E-state index in [1.54, 1.807) is 6.07 Å². The van der Waals surface area contributed by atoms with Gasteiger partial charge in [-0.1, -0.05) is 22.0 Å². The van der Waals surface area contributed by atoms with Crippen LogP contribution in [-0.4, -0.2) is 53.4 Å². The van der Waals surface area contributed by atoms with Crippen molar-refractivity contribution in [3.8, 4) is 5.75 Å². The number of hydrogen-bond donors (Lipinski definition) is 5. The van der Waals surface area contributed by atoms with Crippen LogP contribution in [0.25, 0.3) is 11.0 Å². The van der Waals surface area contributed by atoms with Gasteiger partial charge in [-0.05, 0) is 68.2 Å². The number of anilines is 1. The van der Waals surface area contributed by atoms with E-state index in [0.29, 0.717) is 11.1 Å². The smallest absolute Gasteiger partial charge is 0.254 e. The molecule has 2 aliphatic heterocycles. The number of hydrogen-bond acceptors (Lipinski definition) is 7. The molecule has 1 aromatic heterocycles. The van der Waals surface area contributed by atoms with Crippen molar-refractivity contribution >= 4 is 63.5 Å². The number of halogens is 2. The fourth-order valence-electron chi connectivity index (χ4n) is 4.66. The maximum Gasteiger partial charge on any atom is 0.254 e. The minimum atomic E-state index is -1.53. The number of ether oxygens (including phenoxy) is 1. The average molecular weight is 577 g/mol. The zero-order valence-electron chi connectivity index (χ0n) is 19.5. The van der Waals surface area contributed by atoms with Gasteiger partial charge in [0.1, 0.15) is 11.9 Å². The van der Waals surface area contributed by atoms with Crippen molar-refractivity contribution in [1.29, 1.82) is 0 Å². The van der Waals surface area contributed by atoms with Crippen molar-refractivity contribution in [2.75, 3.05) is 18.4 Å². The van der Waals surface area contributed by atoms with E-state index in [1.165, 1.54) is 6.34 Å². The summed E-state index contributed by atoms with van der Waals surface area (Å²) in [5, 5.41) is 9.03. The molecule has 6 N–H and O–H groups in total. The summed E-state index contributed by atoms with van der Waals surface area (Å²) in [6, 6.07) is 9.93. The SMILES string of the molecule is Cc1ccc(Br)cc1C1(C(N)=O)NC=NC1C(=O)Nc1nc2ccc(OC3CCNCC3)cc2[nH]1.Cl. The number of piperidine rings is 1. The molecule has 5 rings (SSSR count). The molecule has 2 amide bonds. The van der Waals surface area contributed by atoms with Gasteiger partial charge in [0.2, 0.25) is 5.95 Å². The summed E-state index contributed by atoms with van der Waals surface area (Å²) < 4.78 is 6.86. The van der Waals surface area contributed by atoms with Crippen LogP contribution >= 0.6 is 28.3 Å². The molecule has 2 aromatic carbocycles. The van der Waals surface area contributed by atoms with Gasteiger partial charge in [-0.25, -0.2) is 4.98 Å². The number of benzene rings is 2. The first kappa shape index (κ1) is 25.9. The van der Waals surface area contributed by atoms with Gasteiger partial charge in [-0.2, -0.15) is 0 Å². The molecule has 0 saturated carbocycles. The predicted molar refractivity (Wildman–Crippen MR) is 144 cm³/mol. The van der Waals surface area contributed by atoms with E-state index in [2.05, 4.69) is 46.8 Å². The Balaban J connectivity index is 0.00000304. The van der Waals surface area contributed by atoms with E-state index in [-0.39, 0.29) is 24.5 Å². The van der Waals surface area contributed by atoms with Crippen LogP contribution in [0.3, 0.4) is 0 Å². The van der Waals surface area contributed by atoms with Crippen molar-refractivity contribution in [1.82, 2.24) is 20.6 Å². The summed E-state index contributed by atoms with van der Waals surface area (Å²) in [7, 11) is 0. The molecule has 2 unspecified atom stereocenters. The Labute approximate surface area is 222 Å². The monoisotopic (exact) mass is 575 g/mol. The van der Waals surface area contributed by atoms with Gasteiger partial charge < -0.3 is 26.1 Å². The highest BCUT2D eigenvalue weighted by atomic mass is 79.9. The summed E-state index contributed by atoms with van der Waals surface area (Å²) in [5.41, 5.74) is 7.09. The zero-order chi connectivity index (χ0) is 24.6. The van der Waals surface area contributed by atoms with Crippen molar-refractivity contribution < 1.29 is 14.3 Å². The number of aryl methyl sites for hydroxylation is 1. The highest BCUT2D eigenvalue weighted by Crippen LogP contribution is 2.34. The molecule has 1 saturated heterocycles. The second kappa shape index (κ2) is 10.5.